The van der Waals surface area contributed by atoms with Gasteiger partial charge in [0.25, 0.3) is 5.91 Å². The van der Waals surface area contributed by atoms with E-state index in [1.807, 2.05) is 6.92 Å². The van der Waals surface area contributed by atoms with Crippen molar-refractivity contribution < 1.29 is 9.21 Å². The van der Waals surface area contributed by atoms with Gasteiger partial charge in [-0.1, -0.05) is 12.1 Å². The van der Waals surface area contributed by atoms with E-state index in [1.165, 1.54) is 6.07 Å². The van der Waals surface area contributed by atoms with E-state index in [-0.39, 0.29) is 29.5 Å². The average Bonchev–Trinajstić information content (AvgIpc) is 3.06. The van der Waals surface area contributed by atoms with Gasteiger partial charge in [-0.25, -0.2) is 4.98 Å². The molecule has 1 aromatic carbocycles. The summed E-state index contributed by atoms with van der Waals surface area (Å²) in [5.41, 5.74) is 1.30. The molecule has 1 fully saturated rings. The molecule has 1 aliphatic rings. The summed E-state index contributed by atoms with van der Waals surface area (Å²) in [4.78, 5) is 33.5. The van der Waals surface area contributed by atoms with Gasteiger partial charge in [-0.05, 0) is 19.1 Å². The smallest absolute Gasteiger partial charge is 0.289 e. The van der Waals surface area contributed by atoms with E-state index in [9.17, 15) is 9.59 Å². The molecule has 3 heterocycles. The summed E-state index contributed by atoms with van der Waals surface area (Å²) in [5.74, 6) is -0.115. The number of aryl methyl sites for hydroxylation is 1. The highest BCUT2D eigenvalue weighted by Crippen LogP contribution is 2.16. The second kappa shape index (κ2) is 8.21. The first-order valence-corrected chi connectivity index (χ1v) is 9.43. The Morgan fingerprint density at radius 3 is 2.67 bits per heavy atom. The SMILES string of the molecule is Cc1csc(CN2CCN(C(=O)c3cc(=O)c4ccccc4o3)CC2)n1.Cl. The molecule has 0 bridgehead atoms. The van der Waals surface area contributed by atoms with Crippen molar-refractivity contribution in [1.29, 1.82) is 0 Å². The van der Waals surface area contributed by atoms with Crippen molar-refractivity contribution >= 4 is 40.6 Å². The number of thiazole rings is 1. The lowest BCUT2D eigenvalue weighted by Crippen LogP contribution is -2.48. The molecular weight excluding hydrogens is 386 g/mol. The van der Waals surface area contributed by atoms with Gasteiger partial charge in [-0.3, -0.25) is 14.5 Å². The Kier molecular flexibility index (Phi) is 5.94. The number of para-hydroxylation sites is 1. The number of halogens is 1. The van der Waals surface area contributed by atoms with E-state index in [0.717, 1.165) is 30.3 Å². The van der Waals surface area contributed by atoms with Crippen LogP contribution in [-0.2, 0) is 6.54 Å². The maximum absolute atomic E-state index is 12.7. The summed E-state index contributed by atoms with van der Waals surface area (Å²) >= 11 is 1.67. The lowest BCUT2D eigenvalue weighted by molar-refractivity contribution is 0.0598. The van der Waals surface area contributed by atoms with Crippen molar-refractivity contribution in [3.8, 4) is 0 Å². The number of hydrogen-bond acceptors (Lipinski definition) is 6. The first-order chi connectivity index (χ1) is 12.6. The first kappa shape index (κ1) is 19.5. The van der Waals surface area contributed by atoms with Crippen LogP contribution in [0.5, 0.6) is 0 Å². The Bertz CT molecular complexity index is 1010. The van der Waals surface area contributed by atoms with Crippen LogP contribution in [0.4, 0.5) is 0 Å². The molecule has 8 heteroatoms. The standard InChI is InChI=1S/C19H19N3O3S.ClH/c1-13-12-26-18(20-13)11-21-6-8-22(9-7-21)19(24)17-10-15(23)14-4-2-3-5-16(14)25-17;/h2-5,10,12H,6-9,11H2,1H3;1H. The minimum absolute atomic E-state index is 0. The van der Waals surface area contributed by atoms with Crippen LogP contribution in [0, 0.1) is 6.92 Å². The Morgan fingerprint density at radius 1 is 1.22 bits per heavy atom. The molecule has 2 aromatic heterocycles. The third-order valence-corrected chi connectivity index (χ3v) is 5.48. The zero-order valence-electron chi connectivity index (χ0n) is 14.9. The van der Waals surface area contributed by atoms with Gasteiger partial charge < -0.3 is 9.32 Å². The Labute approximate surface area is 166 Å². The van der Waals surface area contributed by atoms with Crippen molar-refractivity contribution in [3.05, 3.63) is 62.4 Å². The number of carbonyl (C=O) groups is 1. The molecule has 0 saturated carbocycles. The second-order valence-electron chi connectivity index (χ2n) is 6.42. The molecule has 0 atom stereocenters. The predicted molar refractivity (Wildman–Crippen MR) is 108 cm³/mol. The normalized spacial score (nSPS) is 14.9. The molecule has 6 nitrogen and oxygen atoms in total. The highest BCUT2D eigenvalue weighted by molar-refractivity contribution is 7.09. The maximum Gasteiger partial charge on any atom is 0.289 e. The zero-order chi connectivity index (χ0) is 18.1. The number of rotatable bonds is 3. The Morgan fingerprint density at radius 2 is 1.96 bits per heavy atom. The number of aromatic nitrogens is 1. The Balaban J connectivity index is 0.00000210. The molecule has 0 spiro atoms. The highest BCUT2D eigenvalue weighted by Gasteiger charge is 2.24. The van der Waals surface area contributed by atoms with Gasteiger partial charge in [0.15, 0.2) is 11.2 Å². The molecule has 3 aromatic rings. The largest absolute Gasteiger partial charge is 0.451 e. The van der Waals surface area contributed by atoms with Crippen LogP contribution in [0.25, 0.3) is 11.0 Å². The van der Waals surface area contributed by atoms with Crippen molar-refractivity contribution in [3.63, 3.8) is 0 Å². The fourth-order valence-electron chi connectivity index (χ4n) is 3.14. The fourth-order valence-corrected chi connectivity index (χ4v) is 3.95. The topological polar surface area (TPSA) is 66.7 Å². The number of carbonyl (C=O) groups excluding carboxylic acids is 1. The summed E-state index contributed by atoms with van der Waals surface area (Å²) in [7, 11) is 0. The minimum atomic E-state index is -0.224. The fraction of sp³-hybridized carbons (Fsp3) is 0.316. The lowest BCUT2D eigenvalue weighted by Gasteiger charge is -2.33. The van der Waals surface area contributed by atoms with E-state index in [4.69, 9.17) is 4.42 Å². The average molecular weight is 406 g/mol. The Hall–Kier alpha value is -2.22. The molecular formula is C19H20ClN3O3S. The maximum atomic E-state index is 12.7. The third-order valence-electron chi connectivity index (χ3n) is 4.53. The first-order valence-electron chi connectivity index (χ1n) is 8.56. The van der Waals surface area contributed by atoms with Crippen LogP contribution in [0.15, 0.2) is 44.9 Å². The van der Waals surface area contributed by atoms with Gasteiger partial charge in [0.05, 0.1) is 11.9 Å². The minimum Gasteiger partial charge on any atom is -0.451 e. The van der Waals surface area contributed by atoms with Crippen LogP contribution in [0.2, 0.25) is 0 Å². The molecule has 4 rings (SSSR count). The molecule has 142 valence electrons. The number of benzene rings is 1. The number of fused-ring (bicyclic) bond motifs is 1. The summed E-state index contributed by atoms with van der Waals surface area (Å²) in [6.07, 6.45) is 0. The number of piperazine rings is 1. The second-order valence-corrected chi connectivity index (χ2v) is 7.36. The summed E-state index contributed by atoms with van der Waals surface area (Å²) < 4.78 is 5.67. The molecule has 27 heavy (non-hydrogen) atoms. The highest BCUT2D eigenvalue weighted by atomic mass is 35.5. The van der Waals surface area contributed by atoms with Crippen LogP contribution in [0.3, 0.4) is 0 Å². The summed E-state index contributed by atoms with van der Waals surface area (Å²) in [5, 5.41) is 3.65. The zero-order valence-corrected chi connectivity index (χ0v) is 16.5. The van der Waals surface area contributed by atoms with Gasteiger partial charge in [-0.15, -0.1) is 23.7 Å². The van der Waals surface area contributed by atoms with Crippen molar-refractivity contribution in [1.82, 2.24) is 14.8 Å². The molecule has 0 radical (unpaired) electrons. The molecule has 0 aliphatic carbocycles. The lowest BCUT2D eigenvalue weighted by atomic mass is 10.2. The van der Waals surface area contributed by atoms with Gasteiger partial charge in [0.2, 0.25) is 0 Å². The van der Waals surface area contributed by atoms with Crippen LogP contribution in [-0.4, -0.2) is 46.9 Å². The predicted octanol–water partition coefficient (Wildman–Crippen LogP) is 2.94. The quantitative estimate of drug-likeness (QED) is 0.670. The summed E-state index contributed by atoms with van der Waals surface area (Å²) in [6.45, 7) is 5.59. The van der Waals surface area contributed by atoms with Crippen LogP contribution >= 0.6 is 23.7 Å². The number of nitrogens with zero attached hydrogens (tertiary/aromatic N) is 3. The molecule has 0 unspecified atom stereocenters. The number of amides is 1. The number of hydrogen-bond donors (Lipinski definition) is 0. The van der Waals surface area contributed by atoms with Gasteiger partial charge >= 0.3 is 0 Å². The molecule has 0 N–H and O–H groups in total. The van der Waals surface area contributed by atoms with E-state index in [1.54, 1.807) is 40.5 Å². The van der Waals surface area contributed by atoms with E-state index >= 15 is 0 Å². The van der Waals surface area contributed by atoms with E-state index < -0.39 is 0 Å². The van der Waals surface area contributed by atoms with Gasteiger partial charge in [0, 0.05) is 43.3 Å². The van der Waals surface area contributed by atoms with Crippen LogP contribution < -0.4 is 5.43 Å². The van der Waals surface area contributed by atoms with Crippen LogP contribution in [0.1, 0.15) is 21.3 Å². The molecule has 1 amide bonds. The third kappa shape index (κ3) is 4.21. The van der Waals surface area contributed by atoms with E-state index in [2.05, 4.69) is 15.3 Å². The van der Waals surface area contributed by atoms with Gasteiger partial charge in [-0.2, -0.15) is 0 Å². The van der Waals surface area contributed by atoms with E-state index in [0.29, 0.717) is 24.1 Å². The monoisotopic (exact) mass is 405 g/mol. The molecule has 1 aliphatic heterocycles. The van der Waals surface area contributed by atoms with Crippen molar-refractivity contribution in [2.75, 3.05) is 26.2 Å². The van der Waals surface area contributed by atoms with Gasteiger partial charge in [0.1, 0.15) is 10.6 Å². The van der Waals surface area contributed by atoms with Crippen molar-refractivity contribution in [2.24, 2.45) is 0 Å². The molecule has 1 saturated heterocycles. The van der Waals surface area contributed by atoms with Crippen molar-refractivity contribution in [2.45, 2.75) is 13.5 Å². The summed E-state index contributed by atoms with van der Waals surface area (Å²) in [6, 6.07) is 8.29.